The van der Waals surface area contributed by atoms with E-state index in [-0.39, 0.29) is 17.6 Å². The first-order valence-electron chi connectivity index (χ1n) is 8.53. The largest absolute Gasteiger partial charge is 0.502 e. The number of hydrogen-bond donors (Lipinski definition) is 1. The van der Waals surface area contributed by atoms with E-state index in [1.807, 2.05) is 0 Å². The van der Waals surface area contributed by atoms with E-state index in [4.69, 9.17) is 18.6 Å². The Morgan fingerprint density at radius 3 is 2.46 bits per heavy atom. The Kier molecular flexibility index (Phi) is 5.54. The van der Waals surface area contributed by atoms with Gasteiger partial charge in [0, 0.05) is 0 Å². The van der Waals surface area contributed by atoms with Crippen molar-refractivity contribution < 1.29 is 28.5 Å². The summed E-state index contributed by atoms with van der Waals surface area (Å²) in [7, 11) is 4.27. The fourth-order valence-electron chi connectivity index (χ4n) is 3.07. The van der Waals surface area contributed by atoms with Crippen LogP contribution in [-0.2, 0) is 9.53 Å². The van der Waals surface area contributed by atoms with Crippen LogP contribution in [-0.4, -0.2) is 32.4 Å². The fourth-order valence-corrected chi connectivity index (χ4v) is 3.07. The molecule has 0 radical (unpaired) electrons. The summed E-state index contributed by atoms with van der Waals surface area (Å²) in [6, 6.07) is 11.6. The lowest BCUT2D eigenvalue weighted by atomic mass is 9.91. The molecule has 0 saturated carbocycles. The summed E-state index contributed by atoms with van der Waals surface area (Å²) in [4.78, 5) is 24.6. The van der Waals surface area contributed by atoms with E-state index >= 15 is 0 Å². The molecule has 0 saturated heterocycles. The molecule has 3 rings (SSSR count). The van der Waals surface area contributed by atoms with E-state index in [9.17, 15) is 14.7 Å². The van der Waals surface area contributed by atoms with E-state index in [1.165, 1.54) is 21.3 Å². The van der Waals surface area contributed by atoms with Gasteiger partial charge in [-0.1, -0.05) is 18.2 Å². The number of carbonyl (C=O) groups excluding carboxylic acids is 1. The molecule has 0 amide bonds. The molecular formula is C21H20O7. The van der Waals surface area contributed by atoms with E-state index in [1.54, 1.807) is 42.5 Å². The van der Waals surface area contributed by atoms with Crippen LogP contribution in [0.2, 0.25) is 0 Å². The minimum absolute atomic E-state index is 0.0127. The van der Waals surface area contributed by atoms with Crippen LogP contribution < -0.4 is 14.9 Å². The molecule has 1 N–H and O–H groups in total. The van der Waals surface area contributed by atoms with Gasteiger partial charge in [-0.05, 0) is 29.8 Å². The lowest BCUT2D eigenvalue weighted by molar-refractivity contribution is -0.140. The average Bonchev–Trinajstić information content (AvgIpc) is 2.74. The van der Waals surface area contributed by atoms with Gasteiger partial charge < -0.3 is 23.7 Å². The molecular weight excluding hydrogens is 364 g/mol. The first-order valence-corrected chi connectivity index (χ1v) is 8.53. The van der Waals surface area contributed by atoms with Gasteiger partial charge in [0.1, 0.15) is 5.58 Å². The molecule has 0 fully saturated rings. The predicted octanol–water partition coefficient (Wildman–Crippen LogP) is 3.21. The number of esters is 1. The third kappa shape index (κ3) is 3.51. The van der Waals surface area contributed by atoms with Crippen molar-refractivity contribution in [3.05, 3.63) is 64.0 Å². The first kappa shape index (κ1) is 19.3. The predicted molar refractivity (Wildman–Crippen MR) is 102 cm³/mol. The molecule has 0 aliphatic heterocycles. The summed E-state index contributed by atoms with van der Waals surface area (Å²) in [6.07, 6.45) is -0.138. The van der Waals surface area contributed by atoms with Crippen molar-refractivity contribution in [2.24, 2.45) is 0 Å². The van der Waals surface area contributed by atoms with Gasteiger partial charge in [-0.25, -0.2) is 0 Å². The Labute approximate surface area is 161 Å². The second-order valence-electron chi connectivity index (χ2n) is 6.09. The molecule has 1 heterocycles. The van der Waals surface area contributed by atoms with E-state index in [0.717, 1.165) is 0 Å². The highest BCUT2D eigenvalue weighted by atomic mass is 16.5. The summed E-state index contributed by atoms with van der Waals surface area (Å²) < 4.78 is 21.2. The molecule has 3 aromatic rings. The topological polar surface area (TPSA) is 95.2 Å². The number of ether oxygens (including phenoxy) is 3. The number of para-hydroxylation sites is 1. The standard InChI is InChI=1S/C21H20O7/c1-25-16-9-8-12(10-17(16)26-2)14(11-18(22)27-3)21-20(24)19(23)13-6-4-5-7-15(13)28-21/h4-10,14,24H,11H2,1-3H3/t14-/m1/s1. The normalized spacial score (nSPS) is 11.8. The maximum Gasteiger partial charge on any atom is 0.306 e. The Morgan fingerprint density at radius 1 is 1.07 bits per heavy atom. The van der Waals surface area contributed by atoms with Crippen molar-refractivity contribution in [2.45, 2.75) is 12.3 Å². The van der Waals surface area contributed by atoms with Gasteiger partial charge in [0.2, 0.25) is 11.2 Å². The van der Waals surface area contributed by atoms with Crippen LogP contribution in [0.25, 0.3) is 11.0 Å². The van der Waals surface area contributed by atoms with Gasteiger partial charge in [-0.3, -0.25) is 9.59 Å². The lowest BCUT2D eigenvalue weighted by Crippen LogP contribution is -2.14. The molecule has 0 spiro atoms. The van der Waals surface area contributed by atoms with Crippen molar-refractivity contribution in [3.63, 3.8) is 0 Å². The Balaban J connectivity index is 2.22. The second kappa shape index (κ2) is 8.04. The van der Waals surface area contributed by atoms with Crippen LogP contribution in [0.1, 0.15) is 23.7 Å². The molecule has 2 aromatic carbocycles. The van der Waals surface area contributed by atoms with Crippen molar-refractivity contribution in [3.8, 4) is 17.2 Å². The zero-order chi connectivity index (χ0) is 20.3. The maximum atomic E-state index is 12.6. The molecule has 146 valence electrons. The Hall–Kier alpha value is -3.48. The van der Waals surface area contributed by atoms with Crippen LogP contribution in [0.15, 0.2) is 51.7 Å². The van der Waals surface area contributed by atoms with Gasteiger partial charge in [0.25, 0.3) is 0 Å². The Bertz CT molecular complexity index is 1070. The molecule has 0 bridgehead atoms. The van der Waals surface area contributed by atoms with Gasteiger partial charge >= 0.3 is 5.97 Å². The molecule has 28 heavy (non-hydrogen) atoms. The van der Waals surface area contributed by atoms with Gasteiger partial charge in [-0.2, -0.15) is 0 Å². The molecule has 1 atom stereocenters. The fraction of sp³-hybridized carbons (Fsp3) is 0.238. The summed E-state index contributed by atoms with van der Waals surface area (Å²) in [6.45, 7) is 0. The molecule has 0 aliphatic carbocycles. The van der Waals surface area contributed by atoms with E-state index < -0.39 is 23.1 Å². The molecule has 0 unspecified atom stereocenters. The highest BCUT2D eigenvalue weighted by molar-refractivity contribution is 5.78. The van der Waals surface area contributed by atoms with Crippen LogP contribution in [0.4, 0.5) is 0 Å². The third-order valence-electron chi connectivity index (χ3n) is 4.52. The Morgan fingerprint density at radius 2 is 1.79 bits per heavy atom. The first-order chi connectivity index (χ1) is 13.5. The maximum absolute atomic E-state index is 12.6. The zero-order valence-corrected chi connectivity index (χ0v) is 15.7. The number of methoxy groups -OCH3 is 3. The average molecular weight is 384 g/mol. The van der Waals surface area contributed by atoms with E-state index in [0.29, 0.717) is 22.6 Å². The van der Waals surface area contributed by atoms with Crippen molar-refractivity contribution in [1.29, 1.82) is 0 Å². The monoisotopic (exact) mass is 384 g/mol. The molecule has 1 aromatic heterocycles. The zero-order valence-electron chi connectivity index (χ0n) is 15.7. The second-order valence-corrected chi connectivity index (χ2v) is 6.09. The number of hydrogen-bond acceptors (Lipinski definition) is 7. The van der Waals surface area contributed by atoms with Gasteiger partial charge in [0.15, 0.2) is 17.3 Å². The van der Waals surface area contributed by atoms with Gasteiger partial charge in [-0.15, -0.1) is 0 Å². The molecule has 7 heteroatoms. The van der Waals surface area contributed by atoms with Crippen LogP contribution in [0, 0.1) is 0 Å². The summed E-state index contributed by atoms with van der Waals surface area (Å²) in [5.74, 6) is -0.881. The van der Waals surface area contributed by atoms with Crippen LogP contribution >= 0.6 is 0 Å². The number of rotatable bonds is 6. The third-order valence-corrected chi connectivity index (χ3v) is 4.52. The van der Waals surface area contributed by atoms with Gasteiger partial charge in [0.05, 0.1) is 39.1 Å². The van der Waals surface area contributed by atoms with E-state index in [2.05, 4.69) is 0 Å². The lowest BCUT2D eigenvalue weighted by Gasteiger charge is -2.18. The van der Waals surface area contributed by atoms with Crippen molar-refractivity contribution in [1.82, 2.24) is 0 Å². The van der Waals surface area contributed by atoms with Crippen LogP contribution in [0.3, 0.4) is 0 Å². The minimum atomic E-state index is -0.760. The number of aromatic hydroxyl groups is 1. The quantitative estimate of drug-likeness (QED) is 0.652. The summed E-state index contributed by atoms with van der Waals surface area (Å²) in [5.41, 5.74) is 0.347. The molecule has 0 aliphatic rings. The number of benzene rings is 2. The number of carbonyl (C=O) groups is 1. The van der Waals surface area contributed by atoms with Crippen molar-refractivity contribution >= 4 is 16.9 Å². The number of fused-ring (bicyclic) bond motifs is 1. The molecule has 7 nitrogen and oxygen atoms in total. The highest BCUT2D eigenvalue weighted by Crippen LogP contribution is 2.38. The minimum Gasteiger partial charge on any atom is -0.502 e. The summed E-state index contributed by atoms with van der Waals surface area (Å²) in [5, 5.41) is 10.8. The SMILES string of the molecule is COC(=O)C[C@H](c1ccc(OC)c(OC)c1)c1oc2ccccc2c(=O)c1O. The smallest absolute Gasteiger partial charge is 0.306 e. The highest BCUT2D eigenvalue weighted by Gasteiger charge is 2.27. The summed E-state index contributed by atoms with van der Waals surface area (Å²) >= 11 is 0. The van der Waals surface area contributed by atoms with Crippen molar-refractivity contribution in [2.75, 3.05) is 21.3 Å². The van der Waals surface area contributed by atoms with Crippen LogP contribution in [0.5, 0.6) is 17.2 Å².